The molecule has 0 N–H and O–H groups in total. The summed E-state index contributed by atoms with van der Waals surface area (Å²) in [4.78, 5) is 17.0. The van der Waals surface area contributed by atoms with Crippen LogP contribution in [-0.4, -0.2) is 29.2 Å². The van der Waals surface area contributed by atoms with Gasteiger partial charge in [-0.25, -0.2) is 4.98 Å². The third-order valence-electron chi connectivity index (χ3n) is 3.85. The van der Waals surface area contributed by atoms with Gasteiger partial charge in [0.15, 0.2) is 11.5 Å². The van der Waals surface area contributed by atoms with Gasteiger partial charge in [-0.15, -0.1) is 0 Å². The number of aryl methyl sites for hydroxylation is 1. The average molecular weight is 336 g/mol. The molecule has 0 radical (unpaired) electrons. The lowest BCUT2D eigenvalue weighted by molar-refractivity contribution is 0.0972. The van der Waals surface area contributed by atoms with Crippen LogP contribution in [0.25, 0.3) is 17.1 Å². The van der Waals surface area contributed by atoms with Crippen LogP contribution in [-0.2, 0) is 0 Å². The summed E-state index contributed by atoms with van der Waals surface area (Å²) in [6.07, 6.45) is 3.30. The van der Waals surface area contributed by atoms with Crippen LogP contribution < -0.4 is 9.47 Å². The Bertz CT molecular complexity index is 941. The Labute approximate surface area is 146 Å². The molecule has 128 valence electrons. The number of ether oxygens (including phenoxy) is 2. The molecule has 0 atom stereocenters. The summed E-state index contributed by atoms with van der Waals surface area (Å²) in [5, 5.41) is 0. The summed E-state index contributed by atoms with van der Waals surface area (Å²) >= 11 is 0. The Balaban J connectivity index is 1.88. The van der Waals surface area contributed by atoms with Gasteiger partial charge in [-0.2, -0.15) is 0 Å². The van der Waals surface area contributed by atoms with Gasteiger partial charge in [-0.3, -0.25) is 9.36 Å². The standard InChI is InChI=1S/C20H20N2O3/c1-4-25-18-11-9-15(13-19(18)24-3)10-12-20(23)22-14(2)21-16-7-5-6-8-17(16)22/h5-13H,4H2,1-3H3/b12-10+. The predicted octanol–water partition coefficient (Wildman–Crippen LogP) is 4.11. The molecule has 0 bridgehead atoms. The zero-order valence-corrected chi connectivity index (χ0v) is 14.5. The van der Waals surface area contributed by atoms with E-state index in [1.165, 1.54) is 6.08 Å². The number of hydrogen-bond donors (Lipinski definition) is 0. The number of aromatic nitrogens is 2. The molecule has 5 nitrogen and oxygen atoms in total. The van der Waals surface area contributed by atoms with Gasteiger partial charge in [0.25, 0.3) is 5.91 Å². The SMILES string of the molecule is CCOc1ccc(/C=C/C(=O)n2c(C)nc3ccccc32)cc1OC. The van der Waals surface area contributed by atoms with Crippen LogP contribution >= 0.6 is 0 Å². The molecule has 3 rings (SSSR count). The van der Waals surface area contributed by atoms with Gasteiger partial charge in [0.05, 0.1) is 24.8 Å². The summed E-state index contributed by atoms with van der Waals surface area (Å²) in [6, 6.07) is 13.2. The van der Waals surface area contributed by atoms with Crippen LogP contribution in [0.3, 0.4) is 0 Å². The fraction of sp³-hybridized carbons (Fsp3) is 0.200. The Morgan fingerprint density at radius 2 is 2.00 bits per heavy atom. The zero-order valence-electron chi connectivity index (χ0n) is 14.5. The maximum atomic E-state index is 12.6. The van der Waals surface area contributed by atoms with Crippen LogP contribution in [0.2, 0.25) is 0 Å². The van der Waals surface area contributed by atoms with E-state index in [-0.39, 0.29) is 5.91 Å². The van der Waals surface area contributed by atoms with Crippen molar-refractivity contribution < 1.29 is 14.3 Å². The Hall–Kier alpha value is -3.08. The van der Waals surface area contributed by atoms with E-state index < -0.39 is 0 Å². The molecular formula is C20H20N2O3. The number of benzene rings is 2. The number of hydrogen-bond acceptors (Lipinski definition) is 4. The topological polar surface area (TPSA) is 53.4 Å². The summed E-state index contributed by atoms with van der Waals surface area (Å²) in [7, 11) is 1.59. The first-order valence-corrected chi connectivity index (χ1v) is 8.11. The number of carbonyl (C=O) groups is 1. The maximum absolute atomic E-state index is 12.6. The van der Waals surface area contributed by atoms with Gasteiger partial charge in [0.1, 0.15) is 5.82 Å². The van der Waals surface area contributed by atoms with E-state index in [0.29, 0.717) is 23.9 Å². The number of rotatable bonds is 5. The highest BCUT2D eigenvalue weighted by atomic mass is 16.5. The van der Waals surface area contributed by atoms with E-state index in [2.05, 4.69) is 4.98 Å². The highest BCUT2D eigenvalue weighted by Crippen LogP contribution is 2.28. The molecule has 0 aliphatic heterocycles. The first kappa shape index (κ1) is 16.8. The van der Waals surface area contributed by atoms with Gasteiger partial charge in [0, 0.05) is 6.08 Å². The van der Waals surface area contributed by atoms with Crippen molar-refractivity contribution in [3.63, 3.8) is 0 Å². The van der Waals surface area contributed by atoms with Crippen LogP contribution in [0.15, 0.2) is 48.5 Å². The summed E-state index contributed by atoms with van der Waals surface area (Å²) < 4.78 is 12.4. The van der Waals surface area contributed by atoms with E-state index in [9.17, 15) is 4.79 Å². The molecule has 0 spiro atoms. The average Bonchev–Trinajstić information content (AvgIpc) is 2.96. The quantitative estimate of drug-likeness (QED) is 0.658. The van der Waals surface area contributed by atoms with Gasteiger partial charge < -0.3 is 9.47 Å². The fourth-order valence-corrected chi connectivity index (χ4v) is 2.73. The van der Waals surface area contributed by atoms with Gasteiger partial charge in [0.2, 0.25) is 0 Å². The Kier molecular flexibility index (Phi) is 4.84. The minimum atomic E-state index is -0.140. The number of imidazole rings is 1. The smallest absolute Gasteiger partial charge is 0.256 e. The lowest BCUT2D eigenvalue weighted by Crippen LogP contribution is -2.08. The molecule has 5 heteroatoms. The van der Waals surface area contributed by atoms with E-state index >= 15 is 0 Å². The van der Waals surface area contributed by atoms with Crippen molar-refractivity contribution in [3.05, 3.63) is 59.9 Å². The van der Waals surface area contributed by atoms with Crippen molar-refractivity contribution in [2.45, 2.75) is 13.8 Å². The first-order valence-electron chi connectivity index (χ1n) is 8.11. The molecule has 0 aliphatic rings. The molecule has 1 aromatic heterocycles. The highest BCUT2D eigenvalue weighted by Gasteiger charge is 2.11. The van der Waals surface area contributed by atoms with Gasteiger partial charge in [-0.05, 0) is 49.8 Å². The third-order valence-corrected chi connectivity index (χ3v) is 3.85. The maximum Gasteiger partial charge on any atom is 0.256 e. The van der Waals surface area contributed by atoms with E-state index in [1.807, 2.05) is 56.3 Å². The van der Waals surface area contributed by atoms with Crippen molar-refractivity contribution in [1.29, 1.82) is 0 Å². The largest absolute Gasteiger partial charge is 0.493 e. The van der Waals surface area contributed by atoms with Gasteiger partial charge >= 0.3 is 0 Å². The molecule has 0 amide bonds. The molecule has 0 saturated carbocycles. The molecule has 3 aromatic rings. The van der Waals surface area contributed by atoms with Crippen molar-refractivity contribution >= 4 is 23.0 Å². The molecule has 0 aliphatic carbocycles. The van der Waals surface area contributed by atoms with Crippen LogP contribution in [0.1, 0.15) is 23.1 Å². The number of fused-ring (bicyclic) bond motifs is 1. The molecule has 25 heavy (non-hydrogen) atoms. The molecule has 0 fully saturated rings. The number of carbonyl (C=O) groups excluding carboxylic acids is 1. The van der Waals surface area contributed by atoms with Gasteiger partial charge in [-0.1, -0.05) is 18.2 Å². The van der Waals surface area contributed by atoms with Crippen molar-refractivity contribution in [1.82, 2.24) is 9.55 Å². The van der Waals surface area contributed by atoms with Crippen LogP contribution in [0.5, 0.6) is 11.5 Å². The second-order valence-corrected chi connectivity index (χ2v) is 5.50. The first-order chi connectivity index (χ1) is 12.1. The zero-order chi connectivity index (χ0) is 17.8. The van der Waals surface area contributed by atoms with Crippen molar-refractivity contribution in [3.8, 4) is 11.5 Å². The number of para-hydroxylation sites is 2. The van der Waals surface area contributed by atoms with E-state index in [0.717, 1.165) is 16.6 Å². The summed E-state index contributed by atoms with van der Waals surface area (Å²) in [6.45, 7) is 4.31. The molecule has 1 heterocycles. The van der Waals surface area contributed by atoms with Crippen LogP contribution in [0, 0.1) is 6.92 Å². The molecule has 0 saturated heterocycles. The number of nitrogens with zero attached hydrogens (tertiary/aromatic N) is 2. The number of allylic oxidation sites excluding steroid dienone is 1. The monoisotopic (exact) mass is 336 g/mol. The van der Waals surface area contributed by atoms with Crippen LogP contribution in [0.4, 0.5) is 0 Å². The lowest BCUT2D eigenvalue weighted by Gasteiger charge is -2.09. The van der Waals surface area contributed by atoms with E-state index in [1.54, 1.807) is 17.8 Å². The Morgan fingerprint density at radius 1 is 1.20 bits per heavy atom. The van der Waals surface area contributed by atoms with Crippen molar-refractivity contribution in [2.24, 2.45) is 0 Å². The molecule has 2 aromatic carbocycles. The highest BCUT2D eigenvalue weighted by molar-refractivity contribution is 5.99. The molecule has 0 unspecified atom stereocenters. The second-order valence-electron chi connectivity index (χ2n) is 5.50. The fourth-order valence-electron chi connectivity index (χ4n) is 2.73. The minimum absolute atomic E-state index is 0.140. The Morgan fingerprint density at radius 3 is 2.76 bits per heavy atom. The second kappa shape index (κ2) is 7.21. The minimum Gasteiger partial charge on any atom is -0.493 e. The van der Waals surface area contributed by atoms with E-state index in [4.69, 9.17) is 9.47 Å². The lowest BCUT2D eigenvalue weighted by atomic mass is 10.2. The third kappa shape index (κ3) is 3.40. The normalized spacial score (nSPS) is 11.2. The van der Waals surface area contributed by atoms with Crippen molar-refractivity contribution in [2.75, 3.05) is 13.7 Å². The summed E-state index contributed by atoms with van der Waals surface area (Å²) in [5.74, 6) is 1.85. The summed E-state index contributed by atoms with van der Waals surface area (Å²) in [5.41, 5.74) is 2.47. The molecular weight excluding hydrogens is 316 g/mol. The predicted molar refractivity (Wildman–Crippen MR) is 98.3 cm³/mol. The number of methoxy groups -OCH3 is 1.